The molecule has 0 fully saturated rings. The lowest BCUT2D eigenvalue weighted by Gasteiger charge is -2.36. The van der Waals surface area contributed by atoms with Crippen LogP contribution in [0.15, 0.2) is 0 Å². The largest absolute Gasteiger partial charge is 0.822 e. The van der Waals surface area contributed by atoms with Crippen LogP contribution in [-0.2, 0) is 18.8 Å². The predicted molar refractivity (Wildman–Crippen MR) is 335 cm³/mol. The summed E-state index contributed by atoms with van der Waals surface area (Å²) < 4.78 is 24.3. The molecular weight excluding hydrogens is 1030 g/mol. The minimum atomic E-state index is -5.39. The van der Waals surface area contributed by atoms with E-state index in [0.717, 1.165) is 39.5 Å². The molecule has 488 valence electrons. The molecule has 0 aliphatic heterocycles. The van der Waals surface area contributed by atoms with Gasteiger partial charge in [-0.15, -0.1) is 0 Å². The molecule has 0 aromatic carbocycles. The molecule has 13 nitrogen and oxygen atoms in total. The molecule has 0 aromatic rings. The molecule has 0 atom stereocenters. The normalized spacial score (nSPS) is 11.3. The van der Waals surface area contributed by atoms with Crippen molar-refractivity contribution in [2.45, 2.75) is 329 Å². The second-order valence-corrected chi connectivity index (χ2v) is 23.9. The van der Waals surface area contributed by atoms with Crippen molar-refractivity contribution in [1.29, 1.82) is 0 Å². The maximum atomic E-state index is 8.59. The Balaban J connectivity index is -0.000000518. The third-order valence-electron chi connectivity index (χ3n) is 14.9. The van der Waals surface area contributed by atoms with Crippen molar-refractivity contribution >= 4 is 7.82 Å². The SMILES string of the molecule is CCCCCCCCCCCCCCCCCC[NH2+]CCOCCO.CCCCCCCCCCCCCCCCCC[NH2+]CCOCCO.CCCCCCCCCCCCCCCCCC[NH2+]CCOCCO.O=P([O-])([O-])[O-]. The highest BCUT2D eigenvalue weighted by atomic mass is 31.2. The van der Waals surface area contributed by atoms with Gasteiger partial charge in [-0.05, 0) is 38.5 Å². The van der Waals surface area contributed by atoms with Crippen molar-refractivity contribution in [2.75, 3.05) is 98.7 Å². The molecule has 9 N–H and O–H groups in total. The van der Waals surface area contributed by atoms with Crippen LogP contribution >= 0.6 is 7.82 Å². The van der Waals surface area contributed by atoms with Crippen molar-refractivity contribution in [3.05, 3.63) is 0 Å². The monoisotopic (exact) mass is 1170 g/mol. The highest BCUT2D eigenvalue weighted by Crippen LogP contribution is 2.16. The fraction of sp³-hybridized carbons (Fsp3) is 1.00. The van der Waals surface area contributed by atoms with Gasteiger partial charge in [0.15, 0.2) is 0 Å². The summed E-state index contributed by atoms with van der Waals surface area (Å²) in [5.74, 6) is 0. The average molecular weight is 1170 g/mol. The summed E-state index contributed by atoms with van der Waals surface area (Å²) in [6.07, 6.45) is 68.8. The fourth-order valence-corrected chi connectivity index (χ4v) is 9.94. The van der Waals surface area contributed by atoms with Crippen LogP contribution in [0.1, 0.15) is 329 Å². The molecule has 0 rings (SSSR count). The number of nitrogens with two attached hydrogens (primary N) is 3. The van der Waals surface area contributed by atoms with E-state index in [1.165, 1.54) is 328 Å². The number of hydrogen-bond donors (Lipinski definition) is 6. The van der Waals surface area contributed by atoms with Crippen LogP contribution in [0.2, 0.25) is 0 Å². The lowest BCUT2D eigenvalue weighted by Crippen LogP contribution is -2.85. The second-order valence-electron chi connectivity index (χ2n) is 23.0. The van der Waals surface area contributed by atoms with Gasteiger partial charge in [0, 0.05) is 0 Å². The Kier molecular flexibility index (Phi) is 91.8. The van der Waals surface area contributed by atoms with Crippen LogP contribution in [0.25, 0.3) is 0 Å². The number of hydrogen-bond acceptors (Lipinski definition) is 10. The van der Waals surface area contributed by atoms with Crippen LogP contribution in [0.3, 0.4) is 0 Å². The molecule has 0 bridgehead atoms. The number of unbranched alkanes of at least 4 members (excludes halogenated alkanes) is 45. The van der Waals surface area contributed by atoms with Gasteiger partial charge in [0.05, 0.1) is 98.7 Å². The Morgan fingerprint density at radius 1 is 0.250 bits per heavy atom. The summed E-state index contributed by atoms with van der Waals surface area (Å²) in [5, 5.41) is 32.8. The number of aliphatic hydroxyl groups is 3. The molecular formula is C66H144N3O10P. The quantitative estimate of drug-likeness (QED) is 0.0250. The van der Waals surface area contributed by atoms with Gasteiger partial charge in [-0.2, -0.15) is 7.82 Å². The van der Waals surface area contributed by atoms with Crippen molar-refractivity contribution < 1.29 is 64.7 Å². The smallest absolute Gasteiger partial charge is 0.0993 e. The first-order valence-corrected chi connectivity index (χ1v) is 36.4. The number of ether oxygens (including phenoxy) is 3. The van der Waals surface area contributed by atoms with Gasteiger partial charge >= 0.3 is 0 Å². The summed E-state index contributed by atoms with van der Waals surface area (Å²) in [6, 6.07) is 0. The van der Waals surface area contributed by atoms with Crippen LogP contribution < -0.4 is 30.6 Å². The summed E-state index contributed by atoms with van der Waals surface area (Å²) in [4.78, 5) is 25.6. The van der Waals surface area contributed by atoms with Crippen molar-refractivity contribution in [1.82, 2.24) is 0 Å². The van der Waals surface area contributed by atoms with Gasteiger partial charge in [-0.1, -0.05) is 290 Å². The van der Waals surface area contributed by atoms with E-state index >= 15 is 0 Å². The Bertz CT molecular complexity index is 869. The maximum absolute atomic E-state index is 8.59. The van der Waals surface area contributed by atoms with E-state index in [4.69, 9.17) is 48.8 Å². The Morgan fingerprint density at radius 3 is 0.525 bits per heavy atom. The molecule has 0 saturated carbocycles. The van der Waals surface area contributed by atoms with E-state index in [-0.39, 0.29) is 19.8 Å². The van der Waals surface area contributed by atoms with Gasteiger partial charge in [0.25, 0.3) is 0 Å². The lowest BCUT2D eigenvalue weighted by molar-refractivity contribution is -0.656. The zero-order valence-corrected chi connectivity index (χ0v) is 54.8. The fourth-order valence-electron chi connectivity index (χ4n) is 9.94. The van der Waals surface area contributed by atoms with Gasteiger partial charge in [0.2, 0.25) is 0 Å². The second kappa shape index (κ2) is 85.2. The number of aliphatic hydroxyl groups excluding tert-OH is 3. The molecule has 0 heterocycles. The lowest BCUT2D eigenvalue weighted by atomic mass is 10.0. The van der Waals surface area contributed by atoms with Gasteiger partial charge in [0.1, 0.15) is 0 Å². The number of quaternary nitrogens is 3. The molecule has 0 radical (unpaired) electrons. The van der Waals surface area contributed by atoms with E-state index in [2.05, 4.69) is 36.7 Å². The summed E-state index contributed by atoms with van der Waals surface area (Å²) in [6.45, 7) is 17.8. The highest BCUT2D eigenvalue weighted by Gasteiger charge is 2.00. The van der Waals surface area contributed by atoms with Crippen LogP contribution in [-0.4, -0.2) is 114 Å². The van der Waals surface area contributed by atoms with Gasteiger partial charge in [-0.25, -0.2) is 0 Å². The minimum absolute atomic E-state index is 0.138. The third-order valence-corrected chi connectivity index (χ3v) is 14.9. The molecule has 0 saturated heterocycles. The van der Waals surface area contributed by atoms with E-state index in [1.54, 1.807) is 0 Å². The standard InChI is InChI=1S/3C22H47NO2.H3O4P/c3*1-2-3-4-5-6-7-8-9-10-11-12-13-14-15-16-17-18-23-19-21-25-22-20-24;1-5(2,3)4/h3*23-24H,2-22H2,1H3;(H3,1,2,3,4). The number of phosphoric acid groups is 1. The van der Waals surface area contributed by atoms with E-state index in [0.29, 0.717) is 19.8 Å². The van der Waals surface area contributed by atoms with Crippen molar-refractivity contribution in [2.24, 2.45) is 0 Å². The van der Waals surface area contributed by atoms with E-state index in [9.17, 15) is 0 Å². The molecule has 14 heteroatoms. The van der Waals surface area contributed by atoms with Crippen LogP contribution in [0.4, 0.5) is 0 Å². The molecule has 0 spiro atoms. The molecule has 0 aromatic heterocycles. The first kappa shape index (κ1) is 86.2. The number of rotatable bonds is 66. The molecule has 0 aliphatic rings. The van der Waals surface area contributed by atoms with E-state index in [1.807, 2.05) is 0 Å². The summed E-state index contributed by atoms with van der Waals surface area (Å²) in [7, 11) is -5.39. The summed E-state index contributed by atoms with van der Waals surface area (Å²) >= 11 is 0. The topological polar surface area (TPSA) is 224 Å². The van der Waals surface area contributed by atoms with Crippen LogP contribution in [0.5, 0.6) is 0 Å². The Hall–Kier alpha value is -0.250. The maximum Gasteiger partial charge on any atom is 0.0993 e. The Morgan fingerprint density at radius 2 is 0.388 bits per heavy atom. The van der Waals surface area contributed by atoms with Crippen molar-refractivity contribution in [3.63, 3.8) is 0 Å². The van der Waals surface area contributed by atoms with E-state index < -0.39 is 7.82 Å². The average Bonchev–Trinajstić information content (AvgIpc) is 3.44. The molecule has 0 aliphatic carbocycles. The molecule has 0 unspecified atom stereocenters. The van der Waals surface area contributed by atoms with Crippen LogP contribution in [0, 0.1) is 0 Å². The Labute approximate surface area is 498 Å². The first-order valence-electron chi connectivity index (χ1n) is 35.0. The summed E-state index contributed by atoms with van der Waals surface area (Å²) in [5.41, 5.74) is 0. The van der Waals surface area contributed by atoms with Gasteiger partial charge < -0.3 is 64.7 Å². The first-order chi connectivity index (χ1) is 39.2. The predicted octanol–water partition coefficient (Wildman–Crippen LogP) is 11.6. The highest BCUT2D eigenvalue weighted by molar-refractivity contribution is 7.40. The zero-order chi connectivity index (χ0) is 59.3. The third kappa shape index (κ3) is 106. The zero-order valence-electron chi connectivity index (χ0n) is 53.9. The molecule has 0 amide bonds. The van der Waals surface area contributed by atoms with Crippen molar-refractivity contribution in [3.8, 4) is 0 Å². The molecule has 80 heavy (non-hydrogen) atoms. The minimum Gasteiger partial charge on any atom is -0.822 e. The van der Waals surface area contributed by atoms with Gasteiger partial charge in [-0.3, -0.25) is 0 Å².